The standard InChI is InChI=1S/C17H22F3N3O2/c1-11-5-6-14(12(2)8-11)21-16(25)22-15(24)10-23-7-3-4-13(9-23)17(18,19)20/h5-6,8,13H,3-4,7,9-10H2,1-2H3,(H2,21,22,24,25)/t13-/m0/s1. The molecule has 1 atom stereocenters. The van der Waals surface area contributed by atoms with Crippen molar-refractivity contribution in [2.24, 2.45) is 5.92 Å². The fraction of sp³-hybridized carbons (Fsp3) is 0.529. The van der Waals surface area contributed by atoms with Crippen LogP contribution in [0.2, 0.25) is 0 Å². The average Bonchev–Trinajstić information content (AvgIpc) is 2.49. The molecule has 0 aromatic heterocycles. The third kappa shape index (κ3) is 5.74. The Kier molecular flexibility index (Phi) is 6.05. The summed E-state index contributed by atoms with van der Waals surface area (Å²) in [6.45, 7) is 3.73. The smallest absolute Gasteiger partial charge is 0.307 e. The van der Waals surface area contributed by atoms with Crippen LogP contribution >= 0.6 is 0 Å². The number of carbonyl (C=O) groups is 2. The van der Waals surface area contributed by atoms with Crippen LogP contribution in [0.5, 0.6) is 0 Å². The van der Waals surface area contributed by atoms with Gasteiger partial charge in [-0.25, -0.2) is 4.79 Å². The largest absolute Gasteiger partial charge is 0.393 e. The van der Waals surface area contributed by atoms with Gasteiger partial charge in [-0.05, 0) is 44.9 Å². The van der Waals surface area contributed by atoms with Gasteiger partial charge in [0.25, 0.3) is 0 Å². The fourth-order valence-electron chi connectivity index (χ4n) is 2.94. The highest BCUT2D eigenvalue weighted by atomic mass is 19.4. The Balaban J connectivity index is 1.84. The van der Waals surface area contributed by atoms with Crippen LogP contribution in [0, 0.1) is 19.8 Å². The van der Waals surface area contributed by atoms with E-state index in [9.17, 15) is 22.8 Å². The lowest BCUT2D eigenvalue weighted by molar-refractivity contribution is -0.187. The number of benzene rings is 1. The summed E-state index contributed by atoms with van der Waals surface area (Å²) in [6.07, 6.45) is -3.80. The summed E-state index contributed by atoms with van der Waals surface area (Å²) < 4.78 is 38.3. The molecule has 1 fully saturated rings. The van der Waals surface area contributed by atoms with Gasteiger partial charge in [-0.2, -0.15) is 13.2 Å². The van der Waals surface area contributed by atoms with Crippen LogP contribution in [0.3, 0.4) is 0 Å². The number of nitrogens with zero attached hydrogens (tertiary/aromatic N) is 1. The van der Waals surface area contributed by atoms with Crippen molar-refractivity contribution < 1.29 is 22.8 Å². The van der Waals surface area contributed by atoms with Gasteiger partial charge in [-0.3, -0.25) is 15.0 Å². The number of aryl methyl sites for hydroxylation is 2. The lowest BCUT2D eigenvalue weighted by Crippen LogP contribution is -2.47. The van der Waals surface area contributed by atoms with Crippen LogP contribution in [0.1, 0.15) is 24.0 Å². The first-order valence-corrected chi connectivity index (χ1v) is 8.12. The number of anilines is 1. The molecule has 3 amide bonds. The van der Waals surface area contributed by atoms with Crippen molar-refractivity contribution in [3.8, 4) is 0 Å². The van der Waals surface area contributed by atoms with Crippen molar-refractivity contribution >= 4 is 17.6 Å². The van der Waals surface area contributed by atoms with E-state index < -0.39 is 24.0 Å². The molecule has 25 heavy (non-hydrogen) atoms. The molecule has 1 aromatic rings. The maximum Gasteiger partial charge on any atom is 0.393 e. The molecule has 0 radical (unpaired) electrons. The molecular formula is C17H22F3N3O2. The van der Waals surface area contributed by atoms with Gasteiger partial charge in [0, 0.05) is 12.2 Å². The third-order valence-electron chi connectivity index (χ3n) is 4.22. The van der Waals surface area contributed by atoms with Gasteiger partial charge in [0.2, 0.25) is 5.91 Å². The first kappa shape index (κ1) is 19.2. The minimum atomic E-state index is -4.25. The second-order valence-electron chi connectivity index (χ2n) is 6.44. The van der Waals surface area contributed by atoms with E-state index in [1.807, 2.05) is 26.0 Å². The van der Waals surface area contributed by atoms with Crippen molar-refractivity contribution in [2.75, 3.05) is 25.0 Å². The Morgan fingerprint density at radius 3 is 2.64 bits per heavy atom. The molecule has 1 aliphatic heterocycles. The third-order valence-corrected chi connectivity index (χ3v) is 4.22. The number of nitrogens with one attached hydrogen (secondary N) is 2. The number of carbonyl (C=O) groups excluding carboxylic acids is 2. The van der Waals surface area contributed by atoms with Crippen LogP contribution in [-0.4, -0.2) is 42.6 Å². The van der Waals surface area contributed by atoms with Gasteiger partial charge in [-0.1, -0.05) is 17.7 Å². The molecule has 0 unspecified atom stereocenters. The van der Waals surface area contributed by atoms with Crippen LogP contribution in [-0.2, 0) is 4.79 Å². The zero-order valence-corrected chi connectivity index (χ0v) is 14.2. The van der Waals surface area contributed by atoms with Crippen molar-refractivity contribution in [2.45, 2.75) is 32.9 Å². The van der Waals surface area contributed by atoms with E-state index in [4.69, 9.17) is 0 Å². The molecule has 8 heteroatoms. The maximum absolute atomic E-state index is 12.8. The van der Waals surface area contributed by atoms with Crippen molar-refractivity contribution in [1.82, 2.24) is 10.2 Å². The van der Waals surface area contributed by atoms with E-state index in [1.165, 1.54) is 4.90 Å². The van der Waals surface area contributed by atoms with Gasteiger partial charge < -0.3 is 5.32 Å². The van der Waals surface area contributed by atoms with Gasteiger partial charge in [-0.15, -0.1) is 0 Å². The van der Waals surface area contributed by atoms with Crippen LogP contribution in [0.25, 0.3) is 0 Å². The molecule has 0 bridgehead atoms. The molecule has 1 saturated heterocycles. The minimum absolute atomic E-state index is 0.0782. The first-order chi connectivity index (χ1) is 11.6. The summed E-state index contributed by atoms with van der Waals surface area (Å²) in [6, 6.07) is 4.76. The number of hydrogen-bond acceptors (Lipinski definition) is 3. The highest BCUT2D eigenvalue weighted by molar-refractivity contribution is 6.02. The number of hydrogen-bond donors (Lipinski definition) is 2. The Morgan fingerprint density at radius 2 is 2.00 bits per heavy atom. The zero-order chi connectivity index (χ0) is 18.6. The van der Waals surface area contributed by atoms with E-state index in [2.05, 4.69) is 10.6 Å². The normalized spacial score (nSPS) is 18.7. The predicted octanol–water partition coefficient (Wildman–Crippen LogP) is 3.23. The Labute approximate surface area is 144 Å². The highest BCUT2D eigenvalue weighted by Crippen LogP contribution is 2.32. The highest BCUT2D eigenvalue weighted by Gasteiger charge is 2.41. The predicted molar refractivity (Wildman–Crippen MR) is 88.3 cm³/mol. The van der Waals surface area contributed by atoms with Crippen LogP contribution in [0.4, 0.5) is 23.7 Å². The zero-order valence-electron chi connectivity index (χ0n) is 14.2. The molecule has 2 rings (SSSR count). The van der Waals surface area contributed by atoms with Gasteiger partial charge in [0.05, 0.1) is 12.5 Å². The van der Waals surface area contributed by atoms with E-state index >= 15 is 0 Å². The van der Waals surface area contributed by atoms with Gasteiger partial charge in [0.1, 0.15) is 0 Å². The van der Waals surface area contributed by atoms with Crippen LogP contribution in [0.15, 0.2) is 18.2 Å². The summed E-state index contributed by atoms with van der Waals surface area (Å²) >= 11 is 0. The Bertz CT molecular complexity index is 647. The van der Waals surface area contributed by atoms with E-state index in [-0.39, 0.29) is 19.5 Å². The SMILES string of the molecule is Cc1ccc(NC(=O)NC(=O)CN2CCC[C@H](C(F)(F)F)C2)c(C)c1. The molecule has 1 aliphatic rings. The number of imide groups is 1. The molecular weight excluding hydrogens is 335 g/mol. The van der Waals surface area contributed by atoms with Crippen LogP contribution < -0.4 is 10.6 Å². The second kappa shape index (κ2) is 7.86. The number of likely N-dealkylation sites (tertiary alicyclic amines) is 1. The van der Waals surface area contributed by atoms with Crippen molar-refractivity contribution in [3.05, 3.63) is 29.3 Å². The number of halogens is 3. The second-order valence-corrected chi connectivity index (χ2v) is 6.44. The molecule has 0 aliphatic carbocycles. The molecule has 5 nitrogen and oxygen atoms in total. The van der Waals surface area contributed by atoms with Crippen molar-refractivity contribution in [1.29, 1.82) is 0 Å². The summed E-state index contributed by atoms with van der Waals surface area (Å²) in [5.41, 5.74) is 2.47. The minimum Gasteiger partial charge on any atom is -0.307 e. The molecule has 1 aromatic carbocycles. The summed E-state index contributed by atoms with van der Waals surface area (Å²) in [7, 11) is 0. The molecule has 1 heterocycles. The summed E-state index contributed by atoms with van der Waals surface area (Å²) in [5, 5.41) is 4.73. The van der Waals surface area contributed by atoms with E-state index in [0.717, 1.165) is 11.1 Å². The monoisotopic (exact) mass is 357 g/mol. The lowest BCUT2D eigenvalue weighted by Gasteiger charge is -2.33. The lowest BCUT2D eigenvalue weighted by atomic mass is 9.97. The number of piperidine rings is 1. The van der Waals surface area contributed by atoms with E-state index in [0.29, 0.717) is 18.7 Å². The Morgan fingerprint density at radius 1 is 1.28 bits per heavy atom. The summed E-state index contributed by atoms with van der Waals surface area (Å²) in [4.78, 5) is 25.2. The maximum atomic E-state index is 12.8. The van der Waals surface area contributed by atoms with Gasteiger partial charge >= 0.3 is 12.2 Å². The first-order valence-electron chi connectivity index (χ1n) is 8.12. The average molecular weight is 357 g/mol. The molecule has 0 saturated carbocycles. The fourth-order valence-corrected chi connectivity index (χ4v) is 2.94. The topological polar surface area (TPSA) is 61.4 Å². The summed E-state index contributed by atoms with van der Waals surface area (Å²) in [5.74, 6) is -2.04. The molecule has 138 valence electrons. The number of amides is 3. The van der Waals surface area contributed by atoms with E-state index in [1.54, 1.807) is 6.07 Å². The Hall–Kier alpha value is -2.09. The number of alkyl halides is 3. The van der Waals surface area contributed by atoms with Crippen molar-refractivity contribution in [3.63, 3.8) is 0 Å². The van der Waals surface area contributed by atoms with Gasteiger partial charge in [0.15, 0.2) is 0 Å². The number of urea groups is 1. The quantitative estimate of drug-likeness (QED) is 0.873. The molecule has 2 N–H and O–H groups in total. The molecule has 0 spiro atoms. The number of rotatable bonds is 3.